The zero-order valence-electron chi connectivity index (χ0n) is 11.4. The zero-order chi connectivity index (χ0) is 13.7. The van der Waals surface area contributed by atoms with Crippen LogP contribution in [0.2, 0.25) is 0 Å². The Kier molecular flexibility index (Phi) is 4.80. The molecule has 1 unspecified atom stereocenters. The van der Waals surface area contributed by atoms with Gasteiger partial charge in [0.15, 0.2) is 0 Å². The van der Waals surface area contributed by atoms with E-state index in [4.69, 9.17) is 10.5 Å². The molecular formula is C15H22N2O2. The molecule has 1 aliphatic carbocycles. The predicted octanol–water partition coefficient (Wildman–Crippen LogP) is 1.94. The number of carbonyl (C=O) groups is 1. The summed E-state index contributed by atoms with van der Waals surface area (Å²) in [6.45, 7) is 0.500. The van der Waals surface area contributed by atoms with Gasteiger partial charge in [-0.3, -0.25) is 4.79 Å². The number of nitrogens with two attached hydrogens (primary N) is 1. The van der Waals surface area contributed by atoms with Gasteiger partial charge < -0.3 is 15.8 Å². The van der Waals surface area contributed by atoms with Gasteiger partial charge in [-0.1, -0.05) is 18.9 Å². The SMILES string of the molecule is COc1cccc(C(=O)NC(CN)C2CCCC2)c1. The molecule has 1 aromatic carbocycles. The molecule has 1 saturated carbocycles. The fourth-order valence-corrected chi connectivity index (χ4v) is 2.75. The van der Waals surface area contributed by atoms with Gasteiger partial charge in [-0.15, -0.1) is 0 Å². The third-order valence-electron chi connectivity index (χ3n) is 3.87. The van der Waals surface area contributed by atoms with Gasteiger partial charge in [-0.05, 0) is 37.0 Å². The average Bonchev–Trinajstić information content (AvgIpc) is 2.98. The van der Waals surface area contributed by atoms with Gasteiger partial charge in [0.05, 0.1) is 7.11 Å². The lowest BCUT2D eigenvalue weighted by Gasteiger charge is -2.23. The summed E-state index contributed by atoms with van der Waals surface area (Å²) < 4.78 is 5.13. The van der Waals surface area contributed by atoms with E-state index in [9.17, 15) is 4.79 Å². The van der Waals surface area contributed by atoms with Crippen molar-refractivity contribution in [3.63, 3.8) is 0 Å². The van der Waals surface area contributed by atoms with Crippen molar-refractivity contribution >= 4 is 5.91 Å². The molecule has 1 amide bonds. The molecule has 0 bridgehead atoms. The predicted molar refractivity (Wildman–Crippen MR) is 75.3 cm³/mol. The van der Waals surface area contributed by atoms with Crippen LogP contribution in [0.15, 0.2) is 24.3 Å². The van der Waals surface area contributed by atoms with E-state index in [-0.39, 0.29) is 11.9 Å². The number of hydrogen-bond acceptors (Lipinski definition) is 3. The lowest BCUT2D eigenvalue weighted by atomic mass is 9.98. The second kappa shape index (κ2) is 6.57. The smallest absolute Gasteiger partial charge is 0.251 e. The van der Waals surface area contributed by atoms with Crippen molar-refractivity contribution in [1.82, 2.24) is 5.32 Å². The highest BCUT2D eigenvalue weighted by Gasteiger charge is 2.25. The van der Waals surface area contributed by atoms with Gasteiger partial charge in [0.1, 0.15) is 5.75 Å². The quantitative estimate of drug-likeness (QED) is 0.852. The summed E-state index contributed by atoms with van der Waals surface area (Å²) in [5.41, 5.74) is 6.42. The maximum Gasteiger partial charge on any atom is 0.251 e. The van der Waals surface area contributed by atoms with Gasteiger partial charge in [-0.2, -0.15) is 0 Å². The van der Waals surface area contributed by atoms with Crippen molar-refractivity contribution in [1.29, 1.82) is 0 Å². The van der Waals surface area contributed by atoms with Crippen molar-refractivity contribution in [2.45, 2.75) is 31.7 Å². The maximum absolute atomic E-state index is 12.2. The molecule has 1 fully saturated rings. The molecule has 2 rings (SSSR count). The highest BCUT2D eigenvalue weighted by Crippen LogP contribution is 2.27. The summed E-state index contributed by atoms with van der Waals surface area (Å²) >= 11 is 0. The molecule has 0 heterocycles. The Morgan fingerprint density at radius 2 is 2.21 bits per heavy atom. The molecule has 104 valence electrons. The van der Waals surface area contributed by atoms with E-state index in [0.29, 0.717) is 23.8 Å². The minimum absolute atomic E-state index is 0.0683. The molecule has 4 heteroatoms. The van der Waals surface area contributed by atoms with Crippen molar-refractivity contribution < 1.29 is 9.53 Å². The Morgan fingerprint density at radius 3 is 2.84 bits per heavy atom. The van der Waals surface area contributed by atoms with Crippen LogP contribution >= 0.6 is 0 Å². The van der Waals surface area contributed by atoms with Crippen molar-refractivity contribution in [2.24, 2.45) is 11.7 Å². The standard InChI is InChI=1S/C15H22N2O2/c1-19-13-8-4-7-12(9-13)15(18)17-14(10-16)11-5-2-3-6-11/h4,7-9,11,14H,2-3,5-6,10,16H2,1H3,(H,17,18). The van der Waals surface area contributed by atoms with Gasteiger partial charge >= 0.3 is 0 Å². The Hall–Kier alpha value is -1.55. The van der Waals surface area contributed by atoms with E-state index in [1.807, 2.05) is 12.1 Å². The lowest BCUT2D eigenvalue weighted by Crippen LogP contribution is -2.44. The van der Waals surface area contributed by atoms with Crippen molar-refractivity contribution in [3.8, 4) is 5.75 Å². The molecule has 4 nitrogen and oxygen atoms in total. The zero-order valence-corrected chi connectivity index (χ0v) is 11.4. The number of amides is 1. The lowest BCUT2D eigenvalue weighted by molar-refractivity contribution is 0.0924. The molecule has 0 aliphatic heterocycles. The van der Waals surface area contributed by atoms with Crippen LogP contribution in [0.25, 0.3) is 0 Å². The van der Waals surface area contributed by atoms with E-state index in [2.05, 4.69) is 5.32 Å². The van der Waals surface area contributed by atoms with Gasteiger partial charge in [0.25, 0.3) is 5.91 Å². The second-order valence-corrected chi connectivity index (χ2v) is 5.09. The molecule has 3 N–H and O–H groups in total. The fraction of sp³-hybridized carbons (Fsp3) is 0.533. The fourth-order valence-electron chi connectivity index (χ4n) is 2.75. The number of rotatable bonds is 5. The summed E-state index contributed by atoms with van der Waals surface area (Å²) in [7, 11) is 1.60. The molecular weight excluding hydrogens is 240 g/mol. The first-order valence-electron chi connectivity index (χ1n) is 6.89. The number of hydrogen-bond donors (Lipinski definition) is 2. The van der Waals surface area contributed by atoms with Crippen molar-refractivity contribution in [2.75, 3.05) is 13.7 Å². The first kappa shape index (κ1) is 13.9. The molecule has 1 aromatic rings. The second-order valence-electron chi connectivity index (χ2n) is 5.09. The van der Waals surface area contributed by atoms with Crippen LogP contribution in [0.1, 0.15) is 36.0 Å². The maximum atomic E-state index is 12.2. The number of carbonyl (C=O) groups excluding carboxylic acids is 1. The first-order chi connectivity index (χ1) is 9.24. The molecule has 0 radical (unpaired) electrons. The van der Waals surface area contributed by atoms with Crippen LogP contribution in [0.4, 0.5) is 0 Å². The highest BCUT2D eigenvalue weighted by atomic mass is 16.5. The van der Waals surface area contributed by atoms with E-state index < -0.39 is 0 Å². The van der Waals surface area contributed by atoms with Gasteiger partial charge in [0.2, 0.25) is 0 Å². The summed E-state index contributed by atoms with van der Waals surface area (Å²) in [5, 5.41) is 3.06. The van der Waals surface area contributed by atoms with Crippen LogP contribution in [-0.4, -0.2) is 25.6 Å². The average molecular weight is 262 g/mol. The minimum Gasteiger partial charge on any atom is -0.497 e. The van der Waals surface area contributed by atoms with Crippen molar-refractivity contribution in [3.05, 3.63) is 29.8 Å². The number of methoxy groups -OCH3 is 1. The normalized spacial score (nSPS) is 17.2. The summed E-state index contributed by atoms with van der Waals surface area (Å²) in [4.78, 5) is 12.2. The van der Waals surface area contributed by atoms with Crippen LogP contribution in [0.5, 0.6) is 5.75 Å². The Labute approximate surface area is 114 Å². The number of ether oxygens (including phenoxy) is 1. The third kappa shape index (κ3) is 3.47. The first-order valence-corrected chi connectivity index (χ1v) is 6.89. The summed E-state index contributed by atoms with van der Waals surface area (Å²) in [5.74, 6) is 1.15. The van der Waals surface area contributed by atoms with Crippen LogP contribution in [0, 0.1) is 5.92 Å². The molecule has 1 aliphatic rings. The monoisotopic (exact) mass is 262 g/mol. The summed E-state index contributed by atoms with van der Waals surface area (Å²) in [6, 6.07) is 7.27. The highest BCUT2D eigenvalue weighted by molar-refractivity contribution is 5.94. The van der Waals surface area contributed by atoms with Gasteiger partial charge in [-0.25, -0.2) is 0 Å². The van der Waals surface area contributed by atoms with E-state index in [1.54, 1.807) is 19.2 Å². The number of benzene rings is 1. The van der Waals surface area contributed by atoms with Gasteiger partial charge in [0, 0.05) is 18.2 Å². The molecule has 0 saturated heterocycles. The molecule has 1 atom stereocenters. The Balaban J connectivity index is 2.01. The molecule has 0 aromatic heterocycles. The van der Waals surface area contributed by atoms with Crippen LogP contribution in [-0.2, 0) is 0 Å². The molecule has 19 heavy (non-hydrogen) atoms. The third-order valence-corrected chi connectivity index (χ3v) is 3.87. The molecule has 0 spiro atoms. The van der Waals surface area contributed by atoms with Crippen LogP contribution < -0.4 is 15.8 Å². The number of nitrogens with one attached hydrogen (secondary N) is 1. The largest absolute Gasteiger partial charge is 0.497 e. The van der Waals surface area contributed by atoms with E-state index in [1.165, 1.54) is 25.7 Å². The Morgan fingerprint density at radius 1 is 1.47 bits per heavy atom. The van der Waals surface area contributed by atoms with E-state index >= 15 is 0 Å². The summed E-state index contributed by atoms with van der Waals surface area (Å²) in [6.07, 6.45) is 4.83. The Bertz CT molecular complexity index is 428. The van der Waals surface area contributed by atoms with Crippen LogP contribution in [0.3, 0.4) is 0 Å². The topological polar surface area (TPSA) is 64.3 Å². The van der Waals surface area contributed by atoms with E-state index in [0.717, 1.165) is 0 Å². The minimum atomic E-state index is -0.0683.